The number of hydrogen-bond acceptors (Lipinski definition) is 4. The van der Waals surface area contributed by atoms with Crippen LogP contribution in [-0.4, -0.2) is 28.7 Å². The lowest BCUT2D eigenvalue weighted by molar-refractivity contribution is -0.140. The standard InChI is InChI=1S/C9H12N2O3/c10-8(9(12)13)6-14-5-7-2-1-3-11-4-7/h1-4,8H,5-6,10H2,(H,12,13). The van der Waals surface area contributed by atoms with Gasteiger partial charge in [-0.3, -0.25) is 9.78 Å². The van der Waals surface area contributed by atoms with E-state index in [0.29, 0.717) is 6.61 Å². The van der Waals surface area contributed by atoms with Gasteiger partial charge in [0.1, 0.15) is 6.04 Å². The van der Waals surface area contributed by atoms with Gasteiger partial charge in [0, 0.05) is 12.4 Å². The van der Waals surface area contributed by atoms with E-state index in [1.165, 1.54) is 0 Å². The summed E-state index contributed by atoms with van der Waals surface area (Å²) in [6.07, 6.45) is 3.32. The summed E-state index contributed by atoms with van der Waals surface area (Å²) in [7, 11) is 0. The molecule has 1 atom stereocenters. The molecule has 1 heterocycles. The van der Waals surface area contributed by atoms with Crippen LogP contribution in [0.25, 0.3) is 0 Å². The van der Waals surface area contributed by atoms with Crippen molar-refractivity contribution < 1.29 is 14.6 Å². The van der Waals surface area contributed by atoms with Gasteiger partial charge in [-0.15, -0.1) is 0 Å². The first-order chi connectivity index (χ1) is 6.70. The average molecular weight is 196 g/mol. The zero-order chi connectivity index (χ0) is 10.4. The molecule has 0 aliphatic heterocycles. The van der Waals surface area contributed by atoms with Crippen LogP contribution in [0.2, 0.25) is 0 Å². The van der Waals surface area contributed by atoms with Crippen LogP contribution in [0.3, 0.4) is 0 Å². The van der Waals surface area contributed by atoms with E-state index in [9.17, 15) is 4.79 Å². The minimum absolute atomic E-state index is 0.00419. The maximum absolute atomic E-state index is 10.3. The summed E-state index contributed by atoms with van der Waals surface area (Å²) >= 11 is 0. The van der Waals surface area contributed by atoms with Crippen LogP contribution in [0, 0.1) is 0 Å². The molecule has 0 spiro atoms. The van der Waals surface area contributed by atoms with E-state index in [-0.39, 0.29) is 6.61 Å². The second-order valence-corrected chi connectivity index (χ2v) is 2.82. The van der Waals surface area contributed by atoms with Crippen molar-refractivity contribution in [2.75, 3.05) is 6.61 Å². The summed E-state index contributed by atoms with van der Waals surface area (Å²) in [4.78, 5) is 14.2. The highest BCUT2D eigenvalue weighted by Crippen LogP contribution is 1.98. The molecule has 0 fully saturated rings. The minimum atomic E-state index is -1.06. The first-order valence-corrected chi connectivity index (χ1v) is 4.15. The number of ether oxygens (including phenoxy) is 1. The van der Waals surface area contributed by atoms with Gasteiger partial charge in [0.2, 0.25) is 0 Å². The SMILES string of the molecule is NC(COCc1cccnc1)C(=O)O. The fourth-order valence-corrected chi connectivity index (χ4v) is 0.859. The number of hydrogen-bond donors (Lipinski definition) is 2. The number of rotatable bonds is 5. The lowest BCUT2D eigenvalue weighted by atomic mass is 10.3. The Bertz CT molecular complexity index is 289. The third-order valence-electron chi connectivity index (χ3n) is 1.61. The fourth-order valence-electron chi connectivity index (χ4n) is 0.859. The molecule has 5 heteroatoms. The maximum Gasteiger partial charge on any atom is 0.322 e. The molecule has 0 aliphatic carbocycles. The predicted molar refractivity (Wildman–Crippen MR) is 49.5 cm³/mol. The number of carboxylic acid groups (broad SMARTS) is 1. The molecule has 14 heavy (non-hydrogen) atoms. The molecular weight excluding hydrogens is 184 g/mol. The Morgan fingerprint density at radius 1 is 1.71 bits per heavy atom. The molecule has 0 saturated carbocycles. The first-order valence-electron chi connectivity index (χ1n) is 4.15. The van der Waals surface area contributed by atoms with Crippen molar-refractivity contribution in [1.29, 1.82) is 0 Å². The molecule has 1 unspecified atom stereocenters. The molecule has 0 bridgehead atoms. The highest BCUT2D eigenvalue weighted by atomic mass is 16.5. The Balaban J connectivity index is 2.26. The molecule has 3 N–H and O–H groups in total. The number of carbonyl (C=O) groups is 1. The zero-order valence-corrected chi connectivity index (χ0v) is 7.59. The van der Waals surface area contributed by atoms with Crippen LogP contribution in [0.5, 0.6) is 0 Å². The Morgan fingerprint density at radius 3 is 3.07 bits per heavy atom. The van der Waals surface area contributed by atoms with Crippen molar-refractivity contribution in [2.24, 2.45) is 5.73 Å². The molecule has 1 aromatic heterocycles. The van der Waals surface area contributed by atoms with Gasteiger partial charge in [-0.05, 0) is 11.6 Å². The first kappa shape index (κ1) is 10.6. The second kappa shape index (κ2) is 5.31. The van der Waals surface area contributed by atoms with Crippen molar-refractivity contribution in [3.63, 3.8) is 0 Å². The van der Waals surface area contributed by atoms with Gasteiger partial charge in [0.05, 0.1) is 13.2 Å². The van der Waals surface area contributed by atoms with Crippen molar-refractivity contribution in [3.8, 4) is 0 Å². The molecule has 1 aromatic rings. The third-order valence-corrected chi connectivity index (χ3v) is 1.61. The summed E-state index contributed by atoms with van der Waals surface area (Å²) in [6, 6.07) is 2.67. The molecule has 1 rings (SSSR count). The maximum atomic E-state index is 10.3. The largest absolute Gasteiger partial charge is 0.480 e. The molecule has 5 nitrogen and oxygen atoms in total. The van der Waals surface area contributed by atoms with E-state index < -0.39 is 12.0 Å². The third kappa shape index (κ3) is 3.51. The molecule has 76 valence electrons. The normalized spacial score (nSPS) is 12.4. The highest BCUT2D eigenvalue weighted by molar-refractivity contribution is 5.73. The summed E-state index contributed by atoms with van der Waals surface area (Å²) in [5.74, 6) is -1.06. The lowest BCUT2D eigenvalue weighted by Crippen LogP contribution is -2.34. The monoisotopic (exact) mass is 196 g/mol. The number of pyridine rings is 1. The van der Waals surface area contributed by atoms with Crippen LogP contribution in [0.1, 0.15) is 5.56 Å². The van der Waals surface area contributed by atoms with Gasteiger partial charge in [-0.25, -0.2) is 0 Å². The van der Waals surface area contributed by atoms with E-state index in [1.54, 1.807) is 18.5 Å². The van der Waals surface area contributed by atoms with Crippen molar-refractivity contribution in [2.45, 2.75) is 12.6 Å². The van der Waals surface area contributed by atoms with Gasteiger partial charge >= 0.3 is 5.97 Å². The van der Waals surface area contributed by atoms with Gasteiger partial charge in [-0.2, -0.15) is 0 Å². The number of carboxylic acids is 1. The Morgan fingerprint density at radius 2 is 2.50 bits per heavy atom. The van der Waals surface area contributed by atoms with Crippen LogP contribution in [0.4, 0.5) is 0 Å². The second-order valence-electron chi connectivity index (χ2n) is 2.82. The Labute approximate surface area is 81.5 Å². The van der Waals surface area contributed by atoms with Crippen LogP contribution >= 0.6 is 0 Å². The van der Waals surface area contributed by atoms with Gasteiger partial charge in [0.25, 0.3) is 0 Å². The number of aliphatic carboxylic acids is 1. The van der Waals surface area contributed by atoms with E-state index in [0.717, 1.165) is 5.56 Å². The smallest absolute Gasteiger partial charge is 0.322 e. The minimum Gasteiger partial charge on any atom is -0.480 e. The molecule has 0 saturated heterocycles. The molecular formula is C9H12N2O3. The summed E-state index contributed by atoms with van der Waals surface area (Å²) in [6.45, 7) is 0.332. The van der Waals surface area contributed by atoms with E-state index >= 15 is 0 Å². The van der Waals surface area contributed by atoms with Crippen LogP contribution in [0.15, 0.2) is 24.5 Å². The van der Waals surface area contributed by atoms with Crippen molar-refractivity contribution in [3.05, 3.63) is 30.1 Å². The highest BCUT2D eigenvalue weighted by Gasteiger charge is 2.10. The van der Waals surface area contributed by atoms with Gasteiger partial charge in [0.15, 0.2) is 0 Å². The average Bonchev–Trinajstić information content (AvgIpc) is 2.19. The van der Waals surface area contributed by atoms with E-state index in [1.807, 2.05) is 6.07 Å². The Hall–Kier alpha value is -1.46. The van der Waals surface area contributed by atoms with Crippen LogP contribution in [-0.2, 0) is 16.1 Å². The fraction of sp³-hybridized carbons (Fsp3) is 0.333. The van der Waals surface area contributed by atoms with E-state index in [4.69, 9.17) is 15.6 Å². The molecule has 0 amide bonds. The molecule has 0 aliphatic rings. The Kier molecular flexibility index (Phi) is 4.03. The topological polar surface area (TPSA) is 85.4 Å². The quantitative estimate of drug-likeness (QED) is 0.692. The van der Waals surface area contributed by atoms with Gasteiger partial charge < -0.3 is 15.6 Å². The lowest BCUT2D eigenvalue weighted by Gasteiger charge is -2.07. The number of aromatic nitrogens is 1. The summed E-state index contributed by atoms with van der Waals surface area (Å²) in [5, 5.41) is 8.46. The zero-order valence-electron chi connectivity index (χ0n) is 7.59. The van der Waals surface area contributed by atoms with Crippen molar-refractivity contribution in [1.82, 2.24) is 4.98 Å². The predicted octanol–water partition coefficient (Wildman–Crippen LogP) is 0.0101. The van der Waals surface area contributed by atoms with Crippen LogP contribution < -0.4 is 5.73 Å². The summed E-state index contributed by atoms with van der Waals surface area (Å²) < 4.78 is 5.10. The number of nitrogens with two attached hydrogens (primary N) is 1. The van der Waals surface area contributed by atoms with Crippen molar-refractivity contribution >= 4 is 5.97 Å². The van der Waals surface area contributed by atoms with E-state index in [2.05, 4.69) is 4.98 Å². The van der Waals surface area contributed by atoms with Gasteiger partial charge in [-0.1, -0.05) is 6.07 Å². The molecule has 0 radical (unpaired) electrons. The molecule has 0 aromatic carbocycles. The number of nitrogens with zero attached hydrogens (tertiary/aromatic N) is 1. The summed E-state index contributed by atoms with van der Waals surface area (Å²) in [5.41, 5.74) is 6.13.